The van der Waals surface area contributed by atoms with Crippen molar-refractivity contribution in [1.82, 2.24) is 10.2 Å². The van der Waals surface area contributed by atoms with E-state index < -0.39 is 0 Å². The predicted molar refractivity (Wildman–Crippen MR) is 70.7 cm³/mol. The first-order valence-corrected chi connectivity index (χ1v) is 6.82. The van der Waals surface area contributed by atoms with Crippen molar-refractivity contribution >= 4 is 5.91 Å². The minimum atomic E-state index is 0.189. The van der Waals surface area contributed by atoms with Crippen molar-refractivity contribution in [3.8, 4) is 0 Å². The molecule has 1 fully saturated rings. The van der Waals surface area contributed by atoms with Gasteiger partial charge in [-0.3, -0.25) is 4.79 Å². The fourth-order valence-electron chi connectivity index (χ4n) is 2.40. The smallest absolute Gasteiger partial charge is 0.220 e. The molecule has 3 N–H and O–H groups in total. The number of hydrogen-bond acceptors (Lipinski definition) is 3. The van der Waals surface area contributed by atoms with Crippen LogP contribution in [0.25, 0.3) is 0 Å². The zero-order valence-corrected chi connectivity index (χ0v) is 11.2. The number of nitrogens with one attached hydrogen (secondary N) is 1. The summed E-state index contributed by atoms with van der Waals surface area (Å²) in [5.41, 5.74) is 5.92. The molecular weight excluding hydrogens is 214 g/mol. The summed E-state index contributed by atoms with van der Waals surface area (Å²) in [6, 6.07) is 0.313. The molecule has 0 aromatic rings. The van der Waals surface area contributed by atoms with Crippen LogP contribution in [0, 0.1) is 5.92 Å². The Morgan fingerprint density at radius 3 is 2.88 bits per heavy atom. The Labute approximate surface area is 105 Å². The van der Waals surface area contributed by atoms with Crippen LogP contribution in [0.4, 0.5) is 0 Å². The van der Waals surface area contributed by atoms with Gasteiger partial charge in [0.2, 0.25) is 5.91 Å². The summed E-state index contributed by atoms with van der Waals surface area (Å²) in [5.74, 6) is 0.691. The second kappa shape index (κ2) is 7.67. The Morgan fingerprint density at radius 2 is 2.24 bits per heavy atom. The summed E-state index contributed by atoms with van der Waals surface area (Å²) in [4.78, 5) is 13.9. The molecule has 0 saturated heterocycles. The van der Waals surface area contributed by atoms with Crippen LogP contribution < -0.4 is 11.1 Å². The van der Waals surface area contributed by atoms with Gasteiger partial charge in [0.1, 0.15) is 0 Å². The Morgan fingerprint density at radius 1 is 1.47 bits per heavy atom. The van der Waals surface area contributed by atoms with E-state index in [0.29, 0.717) is 18.4 Å². The molecule has 4 nitrogen and oxygen atoms in total. The van der Waals surface area contributed by atoms with E-state index in [0.717, 1.165) is 38.9 Å². The molecule has 1 aliphatic rings. The topological polar surface area (TPSA) is 58.4 Å². The maximum atomic E-state index is 11.7. The van der Waals surface area contributed by atoms with Crippen LogP contribution in [-0.2, 0) is 4.79 Å². The number of carbonyl (C=O) groups is 1. The fraction of sp³-hybridized carbons (Fsp3) is 0.923. The summed E-state index contributed by atoms with van der Waals surface area (Å²) in [6.07, 6.45) is 5.14. The molecule has 0 spiro atoms. The second-order valence-corrected chi connectivity index (χ2v) is 5.24. The van der Waals surface area contributed by atoms with Crippen molar-refractivity contribution in [2.45, 2.75) is 45.1 Å². The SMILES string of the molecule is CCN(C)CCNC(=O)CC1CCCC(N)C1. The molecule has 2 atom stereocenters. The molecule has 1 amide bonds. The zero-order chi connectivity index (χ0) is 12.7. The maximum Gasteiger partial charge on any atom is 0.220 e. The van der Waals surface area contributed by atoms with Gasteiger partial charge in [-0.1, -0.05) is 13.3 Å². The van der Waals surface area contributed by atoms with E-state index in [1.165, 1.54) is 6.42 Å². The maximum absolute atomic E-state index is 11.7. The molecule has 0 heterocycles. The fourth-order valence-corrected chi connectivity index (χ4v) is 2.40. The monoisotopic (exact) mass is 241 g/mol. The lowest BCUT2D eigenvalue weighted by Crippen LogP contribution is -2.35. The lowest BCUT2D eigenvalue weighted by molar-refractivity contribution is -0.122. The molecular formula is C13H27N3O. The highest BCUT2D eigenvalue weighted by Crippen LogP contribution is 2.25. The van der Waals surface area contributed by atoms with Gasteiger partial charge < -0.3 is 16.0 Å². The Balaban J connectivity index is 2.11. The third-order valence-corrected chi connectivity index (χ3v) is 3.65. The van der Waals surface area contributed by atoms with Gasteiger partial charge >= 0.3 is 0 Å². The standard InChI is InChI=1S/C13H27N3O/c1-3-16(2)8-7-15-13(17)10-11-5-4-6-12(14)9-11/h11-12H,3-10,14H2,1-2H3,(H,15,17). The molecule has 4 heteroatoms. The van der Waals surface area contributed by atoms with E-state index in [-0.39, 0.29) is 5.91 Å². The van der Waals surface area contributed by atoms with Gasteiger partial charge in [0.25, 0.3) is 0 Å². The van der Waals surface area contributed by atoms with Crippen LogP contribution in [0.2, 0.25) is 0 Å². The third kappa shape index (κ3) is 6.03. The molecule has 0 aromatic carbocycles. The molecule has 0 bridgehead atoms. The lowest BCUT2D eigenvalue weighted by atomic mass is 9.84. The number of amides is 1. The van der Waals surface area contributed by atoms with Gasteiger partial charge in [0.15, 0.2) is 0 Å². The van der Waals surface area contributed by atoms with Crippen LogP contribution in [0.5, 0.6) is 0 Å². The average Bonchev–Trinajstić information content (AvgIpc) is 2.28. The number of likely N-dealkylation sites (N-methyl/N-ethyl adjacent to an activating group) is 1. The Kier molecular flexibility index (Phi) is 6.52. The summed E-state index contributed by atoms with van der Waals surface area (Å²) < 4.78 is 0. The van der Waals surface area contributed by atoms with Crippen LogP contribution in [0.15, 0.2) is 0 Å². The van der Waals surface area contributed by atoms with E-state index in [9.17, 15) is 4.79 Å². The van der Waals surface area contributed by atoms with Gasteiger partial charge in [-0.15, -0.1) is 0 Å². The van der Waals surface area contributed by atoms with Crippen molar-refractivity contribution in [3.63, 3.8) is 0 Å². The summed E-state index contributed by atoms with van der Waals surface area (Å²) in [7, 11) is 2.06. The highest BCUT2D eigenvalue weighted by atomic mass is 16.1. The van der Waals surface area contributed by atoms with Gasteiger partial charge in [0.05, 0.1) is 0 Å². The van der Waals surface area contributed by atoms with Crippen molar-refractivity contribution in [2.75, 3.05) is 26.7 Å². The van der Waals surface area contributed by atoms with Crippen molar-refractivity contribution in [1.29, 1.82) is 0 Å². The van der Waals surface area contributed by atoms with Crippen molar-refractivity contribution in [3.05, 3.63) is 0 Å². The van der Waals surface area contributed by atoms with E-state index in [2.05, 4.69) is 24.2 Å². The molecule has 1 rings (SSSR count). The average molecular weight is 241 g/mol. The first kappa shape index (κ1) is 14.5. The molecule has 2 unspecified atom stereocenters. The number of carbonyl (C=O) groups excluding carboxylic acids is 1. The highest BCUT2D eigenvalue weighted by molar-refractivity contribution is 5.76. The highest BCUT2D eigenvalue weighted by Gasteiger charge is 2.21. The molecule has 17 heavy (non-hydrogen) atoms. The van der Waals surface area contributed by atoms with Gasteiger partial charge in [-0.2, -0.15) is 0 Å². The lowest BCUT2D eigenvalue weighted by Gasteiger charge is -2.26. The van der Waals surface area contributed by atoms with Crippen molar-refractivity contribution in [2.24, 2.45) is 11.7 Å². The summed E-state index contributed by atoms with van der Waals surface area (Å²) in [6.45, 7) is 4.81. The number of hydrogen-bond donors (Lipinski definition) is 2. The Hall–Kier alpha value is -0.610. The predicted octanol–water partition coefficient (Wildman–Crippen LogP) is 0.962. The summed E-state index contributed by atoms with van der Waals surface area (Å²) in [5, 5.41) is 2.99. The minimum Gasteiger partial charge on any atom is -0.355 e. The quantitative estimate of drug-likeness (QED) is 0.728. The first-order valence-electron chi connectivity index (χ1n) is 6.82. The molecule has 100 valence electrons. The molecule has 1 aliphatic carbocycles. The van der Waals surface area contributed by atoms with Crippen LogP contribution >= 0.6 is 0 Å². The third-order valence-electron chi connectivity index (χ3n) is 3.65. The first-order chi connectivity index (χ1) is 8.11. The Bertz CT molecular complexity index is 233. The zero-order valence-electron chi connectivity index (χ0n) is 11.2. The van der Waals surface area contributed by atoms with Crippen LogP contribution in [0.1, 0.15) is 39.0 Å². The number of nitrogens with two attached hydrogens (primary N) is 1. The van der Waals surface area contributed by atoms with Gasteiger partial charge in [-0.25, -0.2) is 0 Å². The molecule has 0 aliphatic heterocycles. The number of rotatable bonds is 6. The normalized spacial score (nSPS) is 24.9. The second-order valence-electron chi connectivity index (χ2n) is 5.24. The largest absolute Gasteiger partial charge is 0.355 e. The van der Waals surface area contributed by atoms with E-state index >= 15 is 0 Å². The minimum absolute atomic E-state index is 0.189. The van der Waals surface area contributed by atoms with Crippen molar-refractivity contribution < 1.29 is 4.79 Å². The van der Waals surface area contributed by atoms with Gasteiger partial charge in [0, 0.05) is 25.6 Å². The summed E-state index contributed by atoms with van der Waals surface area (Å²) >= 11 is 0. The molecule has 1 saturated carbocycles. The molecule has 0 aromatic heterocycles. The van der Waals surface area contributed by atoms with Crippen LogP contribution in [0.3, 0.4) is 0 Å². The van der Waals surface area contributed by atoms with E-state index in [1.807, 2.05) is 0 Å². The number of nitrogens with zero attached hydrogens (tertiary/aromatic N) is 1. The molecule has 0 radical (unpaired) electrons. The van der Waals surface area contributed by atoms with Crippen LogP contribution in [-0.4, -0.2) is 43.5 Å². The van der Waals surface area contributed by atoms with E-state index in [4.69, 9.17) is 5.73 Å². The van der Waals surface area contributed by atoms with E-state index in [1.54, 1.807) is 0 Å². The van der Waals surface area contributed by atoms with Gasteiger partial charge in [-0.05, 0) is 38.8 Å².